The normalized spacial score (nSPS) is 14.0. The van der Waals surface area contributed by atoms with Gasteiger partial charge in [-0.25, -0.2) is 0 Å². The molecule has 0 amide bonds. The topological polar surface area (TPSA) is 47.3 Å². The first-order valence-corrected chi connectivity index (χ1v) is 5.86. The van der Waals surface area contributed by atoms with Crippen LogP contribution in [0.3, 0.4) is 0 Å². The average Bonchev–Trinajstić information content (AvgIpc) is 2.30. The summed E-state index contributed by atoms with van der Waals surface area (Å²) < 4.78 is 5.73. The van der Waals surface area contributed by atoms with Crippen molar-refractivity contribution in [2.45, 2.75) is 12.8 Å². The third-order valence-corrected chi connectivity index (χ3v) is 2.40. The minimum Gasteiger partial charge on any atom is -0.458 e. The van der Waals surface area contributed by atoms with Gasteiger partial charge in [0.15, 0.2) is 5.11 Å². The first-order valence-electron chi connectivity index (χ1n) is 5.45. The minimum absolute atomic E-state index is 0.249. The Morgan fingerprint density at radius 2 is 2.24 bits per heavy atom. The zero-order valence-corrected chi connectivity index (χ0v) is 10.2. The molecule has 0 bridgehead atoms. The van der Waals surface area contributed by atoms with Crippen LogP contribution in [0.4, 0.5) is 5.69 Å². The summed E-state index contributed by atoms with van der Waals surface area (Å²) in [6.45, 7) is 0. The van der Waals surface area contributed by atoms with E-state index in [-0.39, 0.29) is 5.11 Å². The molecule has 1 aromatic rings. The molecule has 3 nitrogen and oxygen atoms in total. The summed E-state index contributed by atoms with van der Waals surface area (Å²) in [6.07, 6.45) is 8.27. The molecule has 0 spiro atoms. The third kappa shape index (κ3) is 3.60. The molecule has 1 aliphatic rings. The van der Waals surface area contributed by atoms with E-state index in [1.807, 2.05) is 30.3 Å². The molecule has 4 heteroatoms. The molecular weight excluding hydrogens is 232 g/mol. The van der Waals surface area contributed by atoms with Crippen molar-refractivity contribution >= 4 is 23.0 Å². The average molecular weight is 246 g/mol. The van der Waals surface area contributed by atoms with Crippen molar-refractivity contribution in [3.05, 3.63) is 48.3 Å². The Morgan fingerprint density at radius 1 is 1.35 bits per heavy atom. The number of hydrogen-bond donors (Lipinski definition) is 2. The Hall–Kier alpha value is -1.81. The number of allylic oxidation sites excluding steroid dienone is 3. The Morgan fingerprint density at radius 3 is 2.94 bits per heavy atom. The van der Waals surface area contributed by atoms with Crippen LogP contribution in [0.2, 0.25) is 0 Å². The maximum atomic E-state index is 5.73. The van der Waals surface area contributed by atoms with Gasteiger partial charge in [0.25, 0.3) is 0 Å². The highest BCUT2D eigenvalue weighted by Crippen LogP contribution is 2.21. The van der Waals surface area contributed by atoms with E-state index >= 15 is 0 Å². The van der Waals surface area contributed by atoms with Crippen molar-refractivity contribution in [1.82, 2.24) is 0 Å². The fourth-order valence-electron chi connectivity index (χ4n) is 1.58. The fourth-order valence-corrected chi connectivity index (χ4v) is 1.70. The standard InChI is InChI=1S/C13H14N2OS/c14-13(17)15-10-5-4-8-12(9-10)16-11-6-2-1-3-7-11/h2,4-9H,1,3H2,(H3,14,15,17). The van der Waals surface area contributed by atoms with Gasteiger partial charge in [-0.2, -0.15) is 0 Å². The second-order valence-electron chi connectivity index (χ2n) is 3.71. The molecule has 0 heterocycles. The van der Waals surface area contributed by atoms with Gasteiger partial charge < -0.3 is 15.8 Å². The lowest BCUT2D eigenvalue weighted by molar-refractivity contribution is 0.439. The first kappa shape index (κ1) is 11.7. The Labute approximate surface area is 106 Å². The van der Waals surface area contributed by atoms with Crippen LogP contribution in [-0.2, 0) is 0 Å². The number of nitrogens with one attached hydrogen (secondary N) is 1. The van der Waals surface area contributed by atoms with Crippen LogP contribution >= 0.6 is 12.2 Å². The molecule has 2 rings (SSSR count). The van der Waals surface area contributed by atoms with Crippen LogP contribution in [0.1, 0.15) is 12.8 Å². The summed E-state index contributed by atoms with van der Waals surface area (Å²) in [5, 5.41) is 3.12. The lowest BCUT2D eigenvalue weighted by atomic mass is 10.2. The van der Waals surface area contributed by atoms with E-state index in [0.29, 0.717) is 0 Å². The van der Waals surface area contributed by atoms with Crippen molar-refractivity contribution in [3.8, 4) is 5.75 Å². The molecule has 88 valence electrons. The summed E-state index contributed by atoms with van der Waals surface area (Å²) in [5.74, 6) is 1.65. The summed E-state index contributed by atoms with van der Waals surface area (Å²) in [6, 6.07) is 7.54. The van der Waals surface area contributed by atoms with Crippen molar-refractivity contribution in [1.29, 1.82) is 0 Å². The van der Waals surface area contributed by atoms with E-state index < -0.39 is 0 Å². The van der Waals surface area contributed by atoms with E-state index in [9.17, 15) is 0 Å². The van der Waals surface area contributed by atoms with Gasteiger partial charge in [-0.05, 0) is 49.3 Å². The van der Waals surface area contributed by atoms with Gasteiger partial charge in [-0.15, -0.1) is 0 Å². The van der Waals surface area contributed by atoms with Crippen LogP contribution in [0, 0.1) is 0 Å². The van der Waals surface area contributed by atoms with E-state index in [4.69, 9.17) is 22.7 Å². The fraction of sp³-hybridized carbons (Fsp3) is 0.154. The Kier molecular flexibility index (Phi) is 3.77. The lowest BCUT2D eigenvalue weighted by Gasteiger charge is -2.11. The molecule has 0 saturated heterocycles. The SMILES string of the molecule is NC(=S)Nc1cccc(OC2=CCCC=C2)c1. The van der Waals surface area contributed by atoms with Crippen LogP contribution in [-0.4, -0.2) is 5.11 Å². The molecule has 0 radical (unpaired) electrons. The van der Waals surface area contributed by atoms with Crippen molar-refractivity contribution in [2.75, 3.05) is 5.32 Å². The zero-order valence-electron chi connectivity index (χ0n) is 9.35. The van der Waals surface area contributed by atoms with Crippen LogP contribution in [0.5, 0.6) is 5.75 Å². The monoisotopic (exact) mass is 246 g/mol. The Bertz CT molecular complexity index is 480. The number of benzene rings is 1. The second kappa shape index (κ2) is 5.50. The van der Waals surface area contributed by atoms with Crippen LogP contribution in [0.15, 0.2) is 48.3 Å². The maximum absolute atomic E-state index is 5.73. The zero-order chi connectivity index (χ0) is 12.1. The summed E-state index contributed by atoms with van der Waals surface area (Å²) in [7, 11) is 0. The van der Waals surface area contributed by atoms with E-state index in [2.05, 4.69) is 17.5 Å². The summed E-state index contributed by atoms with van der Waals surface area (Å²) in [5.41, 5.74) is 6.24. The molecule has 0 unspecified atom stereocenters. The van der Waals surface area contributed by atoms with E-state index in [0.717, 1.165) is 30.0 Å². The molecule has 1 aromatic carbocycles. The number of ether oxygens (including phenoxy) is 1. The van der Waals surface area contributed by atoms with E-state index in [1.165, 1.54) is 0 Å². The number of anilines is 1. The van der Waals surface area contributed by atoms with Gasteiger partial charge in [-0.1, -0.05) is 12.1 Å². The number of thiocarbonyl (C=S) groups is 1. The highest BCUT2D eigenvalue weighted by molar-refractivity contribution is 7.80. The highest BCUT2D eigenvalue weighted by Gasteiger charge is 2.02. The van der Waals surface area contributed by atoms with Crippen LogP contribution < -0.4 is 15.8 Å². The predicted octanol–water partition coefficient (Wildman–Crippen LogP) is 2.95. The molecule has 1 aliphatic carbocycles. The lowest BCUT2D eigenvalue weighted by Crippen LogP contribution is -2.18. The van der Waals surface area contributed by atoms with Gasteiger partial charge in [-0.3, -0.25) is 0 Å². The predicted molar refractivity (Wildman–Crippen MR) is 73.9 cm³/mol. The van der Waals surface area contributed by atoms with Gasteiger partial charge in [0.2, 0.25) is 0 Å². The highest BCUT2D eigenvalue weighted by atomic mass is 32.1. The van der Waals surface area contributed by atoms with Crippen molar-refractivity contribution in [2.24, 2.45) is 5.73 Å². The Balaban J connectivity index is 2.08. The van der Waals surface area contributed by atoms with Crippen molar-refractivity contribution in [3.63, 3.8) is 0 Å². The molecule has 0 fully saturated rings. The molecule has 0 aliphatic heterocycles. The van der Waals surface area contributed by atoms with Gasteiger partial charge >= 0.3 is 0 Å². The van der Waals surface area contributed by atoms with E-state index in [1.54, 1.807) is 0 Å². The van der Waals surface area contributed by atoms with Crippen molar-refractivity contribution < 1.29 is 4.74 Å². The molecule has 0 saturated carbocycles. The van der Waals surface area contributed by atoms with Crippen LogP contribution in [0.25, 0.3) is 0 Å². The van der Waals surface area contributed by atoms with Gasteiger partial charge in [0.1, 0.15) is 11.5 Å². The molecule has 3 N–H and O–H groups in total. The first-order chi connectivity index (χ1) is 8.24. The quantitative estimate of drug-likeness (QED) is 0.805. The third-order valence-electron chi connectivity index (χ3n) is 2.30. The molecule has 17 heavy (non-hydrogen) atoms. The molecule has 0 atom stereocenters. The van der Waals surface area contributed by atoms with Gasteiger partial charge in [0, 0.05) is 11.8 Å². The largest absolute Gasteiger partial charge is 0.458 e. The summed E-state index contributed by atoms with van der Waals surface area (Å²) >= 11 is 4.79. The number of hydrogen-bond acceptors (Lipinski definition) is 2. The molecule has 0 aromatic heterocycles. The maximum Gasteiger partial charge on any atom is 0.168 e. The summed E-state index contributed by atoms with van der Waals surface area (Å²) in [4.78, 5) is 0. The molecular formula is C13H14N2OS. The minimum atomic E-state index is 0.249. The number of rotatable bonds is 3. The smallest absolute Gasteiger partial charge is 0.168 e. The van der Waals surface area contributed by atoms with Gasteiger partial charge in [0.05, 0.1) is 0 Å². The number of nitrogens with two attached hydrogens (primary N) is 1. The second-order valence-corrected chi connectivity index (χ2v) is 4.15.